The number of carbonyl (C=O) groups is 1. The number of esters is 1. The molecule has 122 valence electrons. The molecular weight excluding hydrogens is 312 g/mol. The van der Waals surface area contributed by atoms with Crippen LogP contribution in [0.1, 0.15) is 39.4 Å². The van der Waals surface area contributed by atoms with Gasteiger partial charge in [-0.25, -0.2) is 4.79 Å². The molecule has 1 aromatic carbocycles. The van der Waals surface area contributed by atoms with Crippen molar-refractivity contribution in [3.63, 3.8) is 0 Å². The lowest BCUT2D eigenvalue weighted by Gasteiger charge is -2.12. The van der Waals surface area contributed by atoms with Crippen molar-refractivity contribution in [2.45, 2.75) is 32.1 Å². The number of benzene rings is 1. The quantitative estimate of drug-likeness (QED) is 0.477. The number of para-hydroxylation sites is 1. The predicted octanol–water partition coefficient (Wildman–Crippen LogP) is 4.25. The second-order valence-electron chi connectivity index (χ2n) is 5.50. The van der Waals surface area contributed by atoms with Crippen LogP contribution in [0.25, 0.3) is 0 Å². The summed E-state index contributed by atoms with van der Waals surface area (Å²) in [5.74, 6) is 0.934. The average molecular weight is 332 g/mol. The molecule has 0 fully saturated rings. The molecule has 5 heteroatoms. The lowest BCUT2D eigenvalue weighted by molar-refractivity contribution is 0.0729. The van der Waals surface area contributed by atoms with Crippen LogP contribution in [0.2, 0.25) is 0 Å². The zero-order chi connectivity index (χ0) is 16.2. The summed E-state index contributed by atoms with van der Waals surface area (Å²) in [4.78, 5) is 14.5. The minimum Gasteiger partial charge on any atom is -0.493 e. The van der Waals surface area contributed by atoms with Crippen LogP contribution in [0.15, 0.2) is 24.3 Å². The summed E-state index contributed by atoms with van der Waals surface area (Å²) in [6.07, 6.45) is 5.77. The Labute approximate surface area is 140 Å². The fourth-order valence-corrected chi connectivity index (χ4v) is 3.96. The number of ether oxygens (including phenoxy) is 3. The fraction of sp³-hybridized carbons (Fsp3) is 0.389. The lowest BCUT2D eigenvalue weighted by atomic mass is 10.1. The molecule has 0 radical (unpaired) electrons. The fourth-order valence-electron chi connectivity index (χ4n) is 2.83. The van der Waals surface area contributed by atoms with Gasteiger partial charge in [-0.05, 0) is 49.4 Å². The van der Waals surface area contributed by atoms with Crippen LogP contribution < -0.4 is 14.2 Å². The number of aryl methyl sites for hydroxylation is 2. The van der Waals surface area contributed by atoms with E-state index in [1.54, 1.807) is 43.8 Å². The topological polar surface area (TPSA) is 44.8 Å². The monoisotopic (exact) mass is 332 g/mol. The van der Waals surface area contributed by atoms with Gasteiger partial charge in [0, 0.05) is 4.88 Å². The molecule has 2 aromatic rings. The standard InChI is InChI=1S/C18H20O4S/c1-20-13-8-6-9-14(21-2)17(13)22-18(19)16-11-12-7-4-3-5-10-15(12)23-16/h6,8-9,11H,3-5,7,10H2,1-2H3. The normalized spacial score (nSPS) is 13.8. The van der Waals surface area contributed by atoms with E-state index >= 15 is 0 Å². The second-order valence-corrected chi connectivity index (χ2v) is 6.64. The first-order valence-electron chi connectivity index (χ1n) is 7.77. The zero-order valence-corrected chi connectivity index (χ0v) is 14.2. The van der Waals surface area contributed by atoms with Crippen molar-refractivity contribution in [1.29, 1.82) is 0 Å². The Hall–Kier alpha value is -2.01. The van der Waals surface area contributed by atoms with Gasteiger partial charge in [-0.1, -0.05) is 12.5 Å². The molecule has 1 aromatic heterocycles. The van der Waals surface area contributed by atoms with Crippen molar-refractivity contribution in [3.05, 3.63) is 39.6 Å². The van der Waals surface area contributed by atoms with Gasteiger partial charge in [0.05, 0.1) is 14.2 Å². The van der Waals surface area contributed by atoms with Crippen LogP contribution in [0.3, 0.4) is 0 Å². The highest BCUT2D eigenvalue weighted by Crippen LogP contribution is 2.38. The first kappa shape index (κ1) is 15.9. The molecule has 0 amide bonds. The molecule has 4 nitrogen and oxygen atoms in total. The van der Waals surface area contributed by atoms with E-state index in [0.29, 0.717) is 22.1 Å². The van der Waals surface area contributed by atoms with Gasteiger partial charge in [0.1, 0.15) is 4.88 Å². The van der Waals surface area contributed by atoms with Gasteiger partial charge >= 0.3 is 5.97 Å². The largest absolute Gasteiger partial charge is 0.493 e. The molecule has 0 unspecified atom stereocenters. The van der Waals surface area contributed by atoms with Crippen LogP contribution in [0, 0.1) is 0 Å². The first-order valence-corrected chi connectivity index (χ1v) is 8.59. The smallest absolute Gasteiger partial charge is 0.353 e. The van der Waals surface area contributed by atoms with E-state index in [9.17, 15) is 4.79 Å². The number of carbonyl (C=O) groups excluding carboxylic acids is 1. The minimum absolute atomic E-state index is 0.325. The summed E-state index contributed by atoms with van der Waals surface area (Å²) >= 11 is 1.55. The van der Waals surface area contributed by atoms with Crippen molar-refractivity contribution >= 4 is 17.3 Å². The van der Waals surface area contributed by atoms with Gasteiger partial charge in [0.15, 0.2) is 11.5 Å². The average Bonchev–Trinajstić information content (AvgIpc) is 2.86. The minimum atomic E-state index is -0.356. The molecule has 0 aliphatic heterocycles. The Kier molecular flexibility index (Phi) is 4.86. The maximum Gasteiger partial charge on any atom is 0.353 e. The first-order chi connectivity index (χ1) is 11.2. The number of thiophene rings is 1. The van der Waals surface area contributed by atoms with Crippen molar-refractivity contribution in [2.24, 2.45) is 0 Å². The number of hydrogen-bond acceptors (Lipinski definition) is 5. The third-order valence-electron chi connectivity index (χ3n) is 4.03. The summed E-state index contributed by atoms with van der Waals surface area (Å²) in [6, 6.07) is 7.27. The van der Waals surface area contributed by atoms with E-state index in [0.717, 1.165) is 12.8 Å². The molecule has 0 saturated carbocycles. The van der Waals surface area contributed by atoms with Gasteiger partial charge in [0.2, 0.25) is 5.75 Å². The Bertz CT molecular complexity index is 659. The third kappa shape index (κ3) is 3.34. The van der Waals surface area contributed by atoms with Gasteiger partial charge in [-0.15, -0.1) is 11.3 Å². The Balaban J connectivity index is 1.85. The highest BCUT2D eigenvalue weighted by atomic mass is 32.1. The Morgan fingerprint density at radius 3 is 2.43 bits per heavy atom. The third-order valence-corrected chi connectivity index (χ3v) is 5.24. The summed E-state index contributed by atoms with van der Waals surface area (Å²) in [7, 11) is 3.08. The number of hydrogen-bond donors (Lipinski definition) is 0. The Morgan fingerprint density at radius 1 is 1.04 bits per heavy atom. The molecular formula is C18H20O4S. The number of fused-ring (bicyclic) bond motifs is 1. The summed E-state index contributed by atoms with van der Waals surface area (Å²) < 4.78 is 16.1. The molecule has 1 heterocycles. The second kappa shape index (κ2) is 7.04. The molecule has 1 aliphatic rings. The van der Waals surface area contributed by atoms with Crippen LogP contribution in [0.4, 0.5) is 0 Å². The lowest BCUT2D eigenvalue weighted by Crippen LogP contribution is -2.08. The Morgan fingerprint density at radius 2 is 1.74 bits per heavy atom. The van der Waals surface area contributed by atoms with Crippen LogP contribution in [0.5, 0.6) is 17.2 Å². The summed E-state index contributed by atoms with van der Waals surface area (Å²) in [6.45, 7) is 0. The maximum absolute atomic E-state index is 12.5. The van der Waals surface area contributed by atoms with E-state index in [2.05, 4.69) is 0 Å². The van der Waals surface area contributed by atoms with Crippen molar-refractivity contribution in [2.75, 3.05) is 14.2 Å². The van der Waals surface area contributed by atoms with Crippen molar-refractivity contribution in [1.82, 2.24) is 0 Å². The van der Waals surface area contributed by atoms with Crippen LogP contribution in [-0.4, -0.2) is 20.2 Å². The van der Waals surface area contributed by atoms with E-state index in [-0.39, 0.29) is 5.97 Å². The molecule has 23 heavy (non-hydrogen) atoms. The molecule has 0 N–H and O–H groups in total. The van der Waals surface area contributed by atoms with E-state index in [1.807, 2.05) is 6.07 Å². The van der Waals surface area contributed by atoms with Gasteiger partial charge in [0.25, 0.3) is 0 Å². The number of methoxy groups -OCH3 is 2. The molecule has 1 aliphatic carbocycles. The predicted molar refractivity (Wildman–Crippen MR) is 90.1 cm³/mol. The van der Waals surface area contributed by atoms with E-state index in [1.165, 1.54) is 29.7 Å². The van der Waals surface area contributed by atoms with Gasteiger partial charge < -0.3 is 14.2 Å². The highest BCUT2D eigenvalue weighted by molar-refractivity contribution is 7.14. The summed E-state index contributed by atoms with van der Waals surface area (Å²) in [5, 5.41) is 0. The molecule has 0 saturated heterocycles. The van der Waals surface area contributed by atoms with Crippen LogP contribution >= 0.6 is 11.3 Å². The highest BCUT2D eigenvalue weighted by Gasteiger charge is 2.21. The molecule has 0 bridgehead atoms. The SMILES string of the molecule is COc1cccc(OC)c1OC(=O)c1cc2c(s1)CCCCC2. The van der Waals surface area contributed by atoms with Crippen molar-refractivity contribution < 1.29 is 19.0 Å². The summed E-state index contributed by atoms with van der Waals surface area (Å²) in [5.41, 5.74) is 1.30. The van der Waals surface area contributed by atoms with Crippen molar-refractivity contribution in [3.8, 4) is 17.2 Å². The number of rotatable bonds is 4. The van der Waals surface area contributed by atoms with Crippen LogP contribution in [-0.2, 0) is 12.8 Å². The van der Waals surface area contributed by atoms with Gasteiger partial charge in [-0.2, -0.15) is 0 Å². The maximum atomic E-state index is 12.5. The molecule has 3 rings (SSSR count). The molecule has 0 spiro atoms. The molecule has 0 atom stereocenters. The van der Waals surface area contributed by atoms with Gasteiger partial charge in [-0.3, -0.25) is 0 Å². The van der Waals surface area contributed by atoms with E-state index < -0.39 is 0 Å². The zero-order valence-electron chi connectivity index (χ0n) is 13.4. The van der Waals surface area contributed by atoms with E-state index in [4.69, 9.17) is 14.2 Å².